The van der Waals surface area contributed by atoms with E-state index in [9.17, 15) is 0 Å². The molecule has 5 aromatic rings. The molecule has 7 heteroatoms. The zero-order valence-electron chi connectivity index (χ0n) is 17.8. The van der Waals surface area contributed by atoms with Gasteiger partial charge in [-0.05, 0) is 25.1 Å². The molecule has 2 aromatic heterocycles. The Labute approximate surface area is 201 Å². The monoisotopic (exact) mass is 469 g/mol. The molecule has 162 valence electrons. The molecule has 3 aromatic carbocycles. The van der Waals surface area contributed by atoms with Gasteiger partial charge in [0, 0.05) is 33.3 Å². The van der Waals surface area contributed by atoms with Crippen LogP contribution < -0.4 is 5.43 Å². The molecule has 0 saturated carbocycles. The normalized spacial score (nSPS) is 11.2. The van der Waals surface area contributed by atoms with Crippen LogP contribution in [0.3, 0.4) is 0 Å². The Morgan fingerprint density at radius 3 is 2.52 bits per heavy atom. The summed E-state index contributed by atoms with van der Waals surface area (Å²) in [6.45, 7) is 2.07. The van der Waals surface area contributed by atoms with Gasteiger partial charge < -0.3 is 0 Å². The second kappa shape index (κ2) is 9.40. The molecule has 0 unspecified atom stereocenters. The highest BCUT2D eigenvalue weighted by Gasteiger charge is 2.12. The summed E-state index contributed by atoms with van der Waals surface area (Å²) in [6, 6.07) is 26.0. The highest BCUT2D eigenvalue weighted by atomic mass is 35.5. The number of benzene rings is 3. The van der Waals surface area contributed by atoms with Crippen molar-refractivity contribution in [2.45, 2.75) is 6.92 Å². The Morgan fingerprint density at radius 2 is 1.73 bits per heavy atom. The number of nitrogens with zero attached hydrogens (tertiary/aromatic N) is 4. The van der Waals surface area contributed by atoms with Gasteiger partial charge in [0.1, 0.15) is 5.69 Å². The Morgan fingerprint density at radius 1 is 0.970 bits per heavy atom. The molecule has 0 bridgehead atoms. The standard InChI is InChI=1S/C26H20ClN5S/c1-18-11-13-19(14-12-18)25-20(16-32(31-25)21-7-3-2-4-8-21)15-28-30-26-29-24(17-33-26)22-9-5-6-10-23(22)27/h2-17H,1H3,(H,29,30)/b28-15+. The van der Waals surface area contributed by atoms with E-state index in [0.29, 0.717) is 10.2 Å². The van der Waals surface area contributed by atoms with E-state index in [1.807, 2.05) is 70.9 Å². The minimum atomic E-state index is 0.675. The number of hydrazone groups is 1. The van der Waals surface area contributed by atoms with Gasteiger partial charge in [0.2, 0.25) is 5.13 Å². The van der Waals surface area contributed by atoms with Crippen LogP contribution in [0.4, 0.5) is 5.13 Å². The number of anilines is 1. The first-order valence-electron chi connectivity index (χ1n) is 10.4. The lowest BCUT2D eigenvalue weighted by atomic mass is 10.1. The first kappa shape index (κ1) is 21.1. The van der Waals surface area contributed by atoms with Crippen LogP contribution in [0.5, 0.6) is 0 Å². The molecular formula is C26H20ClN5S. The number of aryl methyl sites for hydroxylation is 1. The summed E-state index contributed by atoms with van der Waals surface area (Å²) in [7, 11) is 0. The van der Waals surface area contributed by atoms with E-state index in [0.717, 1.165) is 33.8 Å². The van der Waals surface area contributed by atoms with Crippen molar-refractivity contribution in [3.63, 3.8) is 0 Å². The minimum Gasteiger partial charge on any atom is -0.253 e. The Balaban J connectivity index is 1.42. The minimum absolute atomic E-state index is 0.675. The number of hydrogen-bond acceptors (Lipinski definition) is 5. The summed E-state index contributed by atoms with van der Waals surface area (Å²) in [6.07, 6.45) is 3.75. The lowest BCUT2D eigenvalue weighted by molar-refractivity contribution is 0.884. The van der Waals surface area contributed by atoms with Gasteiger partial charge in [0.05, 0.1) is 17.6 Å². The summed E-state index contributed by atoms with van der Waals surface area (Å²) >= 11 is 7.77. The predicted octanol–water partition coefficient (Wildman–Crippen LogP) is 7.07. The summed E-state index contributed by atoms with van der Waals surface area (Å²) in [5.74, 6) is 0. The zero-order valence-corrected chi connectivity index (χ0v) is 19.4. The molecular weight excluding hydrogens is 450 g/mol. The molecule has 0 aliphatic carbocycles. The molecule has 1 N–H and O–H groups in total. The molecule has 0 fully saturated rings. The van der Waals surface area contributed by atoms with Crippen molar-refractivity contribution in [2.24, 2.45) is 5.10 Å². The molecule has 5 nitrogen and oxygen atoms in total. The third-order valence-electron chi connectivity index (χ3n) is 5.11. The van der Waals surface area contributed by atoms with Crippen molar-refractivity contribution in [3.05, 3.63) is 107 Å². The smallest absolute Gasteiger partial charge is 0.203 e. The number of aromatic nitrogens is 3. The number of halogens is 1. The van der Waals surface area contributed by atoms with E-state index in [4.69, 9.17) is 16.7 Å². The van der Waals surface area contributed by atoms with Crippen LogP contribution in [0.1, 0.15) is 11.1 Å². The van der Waals surface area contributed by atoms with Crippen LogP contribution in [0.25, 0.3) is 28.2 Å². The summed E-state index contributed by atoms with van der Waals surface area (Å²) < 4.78 is 1.87. The highest BCUT2D eigenvalue weighted by Crippen LogP contribution is 2.30. The van der Waals surface area contributed by atoms with Crippen molar-refractivity contribution < 1.29 is 0 Å². The van der Waals surface area contributed by atoms with Gasteiger partial charge in [-0.1, -0.05) is 77.8 Å². The molecule has 0 saturated heterocycles. The van der Waals surface area contributed by atoms with E-state index >= 15 is 0 Å². The van der Waals surface area contributed by atoms with Gasteiger partial charge in [-0.3, -0.25) is 5.43 Å². The summed E-state index contributed by atoms with van der Waals surface area (Å²) in [5.41, 5.74) is 9.75. The van der Waals surface area contributed by atoms with E-state index < -0.39 is 0 Å². The van der Waals surface area contributed by atoms with Crippen LogP contribution in [-0.4, -0.2) is 21.0 Å². The van der Waals surface area contributed by atoms with E-state index in [-0.39, 0.29) is 0 Å². The molecule has 2 heterocycles. The first-order valence-corrected chi connectivity index (χ1v) is 11.6. The topological polar surface area (TPSA) is 55.1 Å². The fourth-order valence-corrected chi connectivity index (χ4v) is 4.30. The second-order valence-electron chi connectivity index (χ2n) is 7.47. The highest BCUT2D eigenvalue weighted by molar-refractivity contribution is 7.14. The molecule has 0 spiro atoms. The molecule has 0 aliphatic rings. The maximum atomic E-state index is 6.30. The summed E-state index contributed by atoms with van der Waals surface area (Å²) in [4.78, 5) is 4.60. The van der Waals surface area contributed by atoms with Crippen molar-refractivity contribution in [3.8, 4) is 28.2 Å². The Hall–Kier alpha value is -3.74. The Bertz CT molecular complexity index is 1400. The summed E-state index contributed by atoms with van der Waals surface area (Å²) in [5, 5.41) is 12.6. The molecule has 0 amide bonds. The Kier molecular flexibility index (Phi) is 6.02. The average molecular weight is 470 g/mol. The molecule has 0 radical (unpaired) electrons. The lowest BCUT2D eigenvalue weighted by Crippen LogP contribution is -1.93. The van der Waals surface area contributed by atoms with E-state index in [1.165, 1.54) is 16.9 Å². The second-order valence-corrected chi connectivity index (χ2v) is 8.73. The number of hydrogen-bond donors (Lipinski definition) is 1. The van der Waals surface area contributed by atoms with E-state index in [2.05, 4.69) is 46.7 Å². The SMILES string of the molecule is Cc1ccc(-c2nn(-c3ccccc3)cc2/C=N/Nc2nc(-c3ccccc3Cl)cs2)cc1. The van der Waals surface area contributed by atoms with Gasteiger partial charge >= 0.3 is 0 Å². The lowest BCUT2D eigenvalue weighted by Gasteiger charge is -2.01. The largest absolute Gasteiger partial charge is 0.253 e. The van der Waals surface area contributed by atoms with Crippen LogP contribution in [0.15, 0.2) is 95.5 Å². The average Bonchev–Trinajstić information content (AvgIpc) is 3.48. The van der Waals surface area contributed by atoms with Gasteiger partial charge in [0.25, 0.3) is 0 Å². The quantitative estimate of drug-likeness (QED) is 0.214. The fraction of sp³-hybridized carbons (Fsp3) is 0.0385. The maximum absolute atomic E-state index is 6.30. The van der Waals surface area contributed by atoms with Gasteiger partial charge in [-0.2, -0.15) is 10.2 Å². The first-order chi connectivity index (χ1) is 16.2. The number of nitrogens with one attached hydrogen (secondary N) is 1. The maximum Gasteiger partial charge on any atom is 0.203 e. The molecule has 0 aliphatic heterocycles. The third kappa shape index (κ3) is 4.72. The van der Waals surface area contributed by atoms with Crippen molar-refractivity contribution in [2.75, 3.05) is 5.43 Å². The zero-order chi connectivity index (χ0) is 22.6. The van der Waals surface area contributed by atoms with Gasteiger partial charge in [0.15, 0.2) is 0 Å². The van der Waals surface area contributed by atoms with E-state index in [1.54, 1.807) is 6.21 Å². The van der Waals surface area contributed by atoms with Crippen molar-refractivity contribution in [1.82, 2.24) is 14.8 Å². The van der Waals surface area contributed by atoms with Gasteiger partial charge in [-0.15, -0.1) is 11.3 Å². The number of rotatable bonds is 6. The number of thiazole rings is 1. The molecule has 0 atom stereocenters. The molecule has 5 rings (SSSR count). The van der Waals surface area contributed by atoms with Crippen LogP contribution in [0.2, 0.25) is 5.02 Å². The van der Waals surface area contributed by atoms with Crippen LogP contribution in [-0.2, 0) is 0 Å². The third-order valence-corrected chi connectivity index (χ3v) is 6.18. The van der Waals surface area contributed by atoms with Crippen molar-refractivity contribution >= 4 is 34.3 Å². The number of para-hydroxylation sites is 1. The van der Waals surface area contributed by atoms with Crippen LogP contribution >= 0.6 is 22.9 Å². The van der Waals surface area contributed by atoms with Crippen molar-refractivity contribution in [1.29, 1.82) is 0 Å². The van der Waals surface area contributed by atoms with Crippen LogP contribution in [0, 0.1) is 6.92 Å². The molecule has 33 heavy (non-hydrogen) atoms. The van der Waals surface area contributed by atoms with Gasteiger partial charge in [-0.25, -0.2) is 9.67 Å². The predicted molar refractivity (Wildman–Crippen MR) is 138 cm³/mol. The fourth-order valence-electron chi connectivity index (χ4n) is 3.41.